The Kier molecular flexibility index (Phi) is 3.10. The lowest BCUT2D eigenvalue weighted by atomic mass is 9.90. The lowest BCUT2D eigenvalue weighted by Crippen LogP contribution is -2.29. The molecule has 0 saturated heterocycles. The minimum atomic E-state index is -1.01. The summed E-state index contributed by atoms with van der Waals surface area (Å²) in [6.07, 6.45) is 5.54. The summed E-state index contributed by atoms with van der Waals surface area (Å²) in [6, 6.07) is 9.81. The number of benzene rings is 1. The van der Waals surface area contributed by atoms with Crippen LogP contribution in [0.2, 0.25) is 0 Å². The predicted octanol–water partition coefficient (Wildman–Crippen LogP) is 4.10. The summed E-state index contributed by atoms with van der Waals surface area (Å²) in [5.41, 5.74) is 0.761. The number of hydrogen-bond acceptors (Lipinski definition) is 4. The van der Waals surface area contributed by atoms with Gasteiger partial charge in [0.15, 0.2) is 0 Å². The molecule has 0 radical (unpaired) electrons. The van der Waals surface area contributed by atoms with Crippen molar-refractivity contribution in [3.8, 4) is 0 Å². The van der Waals surface area contributed by atoms with Crippen LogP contribution < -0.4 is 0 Å². The Morgan fingerprint density at radius 3 is 2.86 bits per heavy atom. The standard InChI is InChI=1S/C16H13BrN2OS/c17-12-5-6-13-14(8-12)21-15(19-13)16(20,10-3-4-10)11-2-1-7-18-9-11/h1-2,5-10,20H,3-4H2. The van der Waals surface area contributed by atoms with Gasteiger partial charge < -0.3 is 5.11 Å². The van der Waals surface area contributed by atoms with Crippen molar-refractivity contribution < 1.29 is 5.11 Å². The van der Waals surface area contributed by atoms with Crippen LogP contribution >= 0.6 is 27.3 Å². The molecule has 1 atom stereocenters. The zero-order valence-corrected chi connectivity index (χ0v) is 13.6. The summed E-state index contributed by atoms with van der Waals surface area (Å²) in [4.78, 5) is 8.85. The molecule has 0 aliphatic heterocycles. The number of rotatable bonds is 3. The van der Waals surface area contributed by atoms with Gasteiger partial charge in [0.05, 0.1) is 10.2 Å². The number of aromatic nitrogens is 2. The van der Waals surface area contributed by atoms with Gasteiger partial charge in [-0.15, -0.1) is 11.3 Å². The smallest absolute Gasteiger partial charge is 0.145 e. The summed E-state index contributed by atoms with van der Waals surface area (Å²) in [7, 11) is 0. The second-order valence-corrected chi connectivity index (χ2v) is 7.36. The number of hydrogen-bond donors (Lipinski definition) is 1. The third-order valence-corrected chi connectivity index (χ3v) is 5.58. The third-order valence-electron chi connectivity index (χ3n) is 3.95. The molecular formula is C16H13BrN2OS. The molecule has 3 aromatic rings. The number of thiazole rings is 1. The van der Waals surface area contributed by atoms with Crippen molar-refractivity contribution in [3.63, 3.8) is 0 Å². The van der Waals surface area contributed by atoms with E-state index in [0.717, 1.165) is 38.1 Å². The van der Waals surface area contributed by atoms with Gasteiger partial charge in [-0.2, -0.15) is 0 Å². The molecule has 3 nitrogen and oxygen atoms in total. The van der Waals surface area contributed by atoms with Gasteiger partial charge >= 0.3 is 0 Å². The monoisotopic (exact) mass is 360 g/mol. The first-order chi connectivity index (χ1) is 10.2. The van der Waals surface area contributed by atoms with Crippen LogP contribution in [0.1, 0.15) is 23.4 Å². The maximum absolute atomic E-state index is 11.4. The zero-order valence-electron chi connectivity index (χ0n) is 11.2. The first-order valence-corrected chi connectivity index (χ1v) is 8.48. The highest BCUT2D eigenvalue weighted by molar-refractivity contribution is 9.10. The predicted molar refractivity (Wildman–Crippen MR) is 87.3 cm³/mol. The Hall–Kier alpha value is -1.30. The van der Waals surface area contributed by atoms with Crippen LogP contribution in [0.4, 0.5) is 0 Å². The molecule has 21 heavy (non-hydrogen) atoms. The second-order valence-electron chi connectivity index (χ2n) is 5.41. The molecule has 0 amide bonds. The Balaban J connectivity index is 1.90. The lowest BCUT2D eigenvalue weighted by Gasteiger charge is -2.25. The number of fused-ring (bicyclic) bond motifs is 1. The molecule has 5 heteroatoms. The molecule has 106 valence electrons. The fourth-order valence-electron chi connectivity index (χ4n) is 2.68. The molecule has 0 spiro atoms. The Morgan fingerprint density at radius 1 is 1.29 bits per heavy atom. The maximum atomic E-state index is 11.4. The van der Waals surface area contributed by atoms with Crippen LogP contribution in [-0.4, -0.2) is 15.1 Å². The highest BCUT2D eigenvalue weighted by atomic mass is 79.9. The average molecular weight is 361 g/mol. The first-order valence-electron chi connectivity index (χ1n) is 6.87. The number of aliphatic hydroxyl groups is 1. The zero-order chi connectivity index (χ0) is 14.4. The van der Waals surface area contributed by atoms with Crippen LogP contribution in [0.15, 0.2) is 47.2 Å². The van der Waals surface area contributed by atoms with Gasteiger partial charge in [0, 0.05) is 22.4 Å². The number of nitrogens with zero attached hydrogens (tertiary/aromatic N) is 2. The van der Waals surface area contributed by atoms with E-state index in [1.165, 1.54) is 0 Å². The van der Waals surface area contributed by atoms with E-state index in [9.17, 15) is 5.11 Å². The van der Waals surface area contributed by atoms with E-state index in [0.29, 0.717) is 0 Å². The quantitative estimate of drug-likeness (QED) is 0.764. The highest BCUT2D eigenvalue weighted by Crippen LogP contribution is 2.51. The molecule has 1 N–H and O–H groups in total. The largest absolute Gasteiger partial charge is 0.378 e. The Labute approximate surface area is 134 Å². The number of halogens is 1. The van der Waals surface area contributed by atoms with E-state index in [4.69, 9.17) is 0 Å². The van der Waals surface area contributed by atoms with E-state index in [1.54, 1.807) is 23.7 Å². The summed E-state index contributed by atoms with van der Waals surface area (Å²) in [5.74, 6) is 0.241. The normalized spacial score (nSPS) is 17.8. The van der Waals surface area contributed by atoms with Crippen LogP contribution in [0.25, 0.3) is 10.2 Å². The van der Waals surface area contributed by atoms with Gasteiger partial charge in [-0.05, 0) is 43.0 Å². The molecule has 0 bridgehead atoms. The molecule has 1 saturated carbocycles. The van der Waals surface area contributed by atoms with Gasteiger partial charge in [0.1, 0.15) is 10.6 Å². The summed E-state index contributed by atoms with van der Waals surface area (Å²) in [5, 5.41) is 12.1. The van der Waals surface area contributed by atoms with Crippen molar-refractivity contribution in [1.82, 2.24) is 9.97 Å². The fourth-order valence-corrected chi connectivity index (χ4v) is 4.39. The molecule has 4 rings (SSSR count). The van der Waals surface area contributed by atoms with E-state index in [1.807, 2.05) is 30.3 Å². The van der Waals surface area contributed by atoms with E-state index >= 15 is 0 Å². The van der Waals surface area contributed by atoms with Crippen LogP contribution in [0, 0.1) is 5.92 Å². The summed E-state index contributed by atoms with van der Waals surface area (Å²) >= 11 is 5.05. The van der Waals surface area contributed by atoms with Crippen molar-refractivity contribution >= 4 is 37.5 Å². The molecule has 1 aromatic carbocycles. The number of pyridine rings is 1. The second kappa shape index (κ2) is 4.87. The van der Waals surface area contributed by atoms with Gasteiger partial charge in [-0.3, -0.25) is 4.98 Å². The minimum absolute atomic E-state index is 0.241. The molecule has 1 unspecified atom stereocenters. The van der Waals surface area contributed by atoms with Gasteiger partial charge in [-0.1, -0.05) is 22.0 Å². The molecule has 1 aliphatic carbocycles. The van der Waals surface area contributed by atoms with Gasteiger partial charge in [0.25, 0.3) is 0 Å². The Morgan fingerprint density at radius 2 is 2.14 bits per heavy atom. The average Bonchev–Trinajstić information content (AvgIpc) is 3.27. The summed E-state index contributed by atoms with van der Waals surface area (Å²) < 4.78 is 2.11. The van der Waals surface area contributed by atoms with Crippen molar-refractivity contribution in [2.45, 2.75) is 18.4 Å². The summed E-state index contributed by atoms with van der Waals surface area (Å²) in [6.45, 7) is 0. The van der Waals surface area contributed by atoms with E-state index in [2.05, 4.69) is 25.9 Å². The van der Waals surface area contributed by atoms with Crippen LogP contribution in [0.3, 0.4) is 0 Å². The van der Waals surface area contributed by atoms with Crippen LogP contribution in [-0.2, 0) is 5.60 Å². The van der Waals surface area contributed by atoms with E-state index in [-0.39, 0.29) is 5.92 Å². The molecule has 1 aliphatic rings. The molecule has 2 aromatic heterocycles. The Bertz CT molecular complexity index is 800. The molecular weight excluding hydrogens is 348 g/mol. The van der Waals surface area contributed by atoms with Crippen molar-refractivity contribution in [2.24, 2.45) is 5.92 Å². The van der Waals surface area contributed by atoms with Crippen molar-refractivity contribution in [3.05, 3.63) is 57.8 Å². The lowest BCUT2D eigenvalue weighted by molar-refractivity contribution is 0.0560. The SMILES string of the molecule is OC(c1cccnc1)(c1nc2ccc(Br)cc2s1)C1CC1. The van der Waals surface area contributed by atoms with Crippen molar-refractivity contribution in [2.75, 3.05) is 0 Å². The first kappa shape index (κ1) is 13.4. The fraction of sp³-hybridized carbons (Fsp3) is 0.250. The topological polar surface area (TPSA) is 46.0 Å². The molecule has 2 heterocycles. The minimum Gasteiger partial charge on any atom is -0.378 e. The van der Waals surface area contributed by atoms with Gasteiger partial charge in [-0.25, -0.2) is 4.98 Å². The van der Waals surface area contributed by atoms with Gasteiger partial charge in [0.2, 0.25) is 0 Å². The maximum Gasteiger partial charge on any atom is 0.145 e. The third kappa shape index (κ3) is 2.20. The van der Waals surface area contributed by atoms with E-state index < -0.39 is 5.60 Å². The highest BCUT2D eigenvalue weighted by Gasteiger charge is 2.48. The molecule has 1 fully saturated rings. The van der Waals surface area contributed by atoms with Crippen molar-refractivity contribution in [1.29, 1.82) is 0 Å². The van der Waals surface area contributed by atoms with Crippen LogP contribution in [0.5, 0.6) is 0 Å².